The highest BCUT2D eigenvalue weighted by Crippen LogP contribution is 2.32. The fraction of sp³-hybridized carbons (Fsp3) is 0.176. The van der Waals surface area contributed by atoms with Crippen molar-refractivity contribution in [3.63, 3.8) is 0 Å². The molecule has 2 rings (SSSR count). The molecule has 2 aromatic rings. The van der Waals surface area contributed by atoms with Crippen LogP contribution in [-0.4, -0.2) is 25.6 Å². The summed E-state index contributed by atoms with van der Waals surface area (Å²) in [6, 6.07) is 10.3. The number of carbonyl (C=O) groups excluding carboxylic acids is 2. The van der Waals surface area contributed by atoms with Gasteiger partial charge in [-0.3, -0.25) is 4.79 Å². The number of hydrogen-bond donors (Lipinski definition) is 1. The molecule has 0 aliphatic carbocycles. The molecule has 1 amide bonds. The topological polar surface area (TPSA) is 64.6 Å². The predicted octanol–water partition coefficient (Wildman–Crippen LogP) is 4.32. The fourth-order valence-electron chi connectivity index (χ4n) is 1.96. The van der Waals surface area contributed by atoms with Crippen LogP contribution in [0.15, 0.2) is 45.3 Å². The minimum absolute atomic E-state index is 0.319. The number of anilines is 1. The molecule has 1 N–H and O–H groups in total. The molecule has 126 valence electrons. The van der Waals surface area contributed by atoms with E-state index in [1.807, 2.05) is 19.1 Å². The Morgan fingerprint density at radius 2 is 1.79 bits per heavy atom. The summed E-state index contributed by atoms with van der Waals surface area (Å²) in [4.78, 5) is 24.0. The van der Waals surface area contributed by atoms with Gasteiger partial charge in [-0.2, -0.15) is 0 Å². The van der Waals surface area contributed by atoms with E-state index in [2.05, 4.69) is 37.2 Å². The average molecular weight is 457 g/mol. The van der Waals surface area contributed by atoms with E-state index in [-0.39, 0.29) is 6.61 Å². The van der Waals surface area contributed by atoms with Gasteiger partial charge in [0.2, 0.25) is 0 Å². The summed E-state index contributed by atoms with van der Waals surface area (Å²) in [5, 5.41) is 2.70. The Hall–Kier alpha value is -1.86. The molecule has 0 spiro atoms. The van der Waals surface area contributed by atoms with Crippen molar-refractivity contribution in [1.82, 2.24) is 0 Å². The Labute approximate surface area is 156 Å². The molecular formula is C17H15Br2NO4. The summed E-state index contributed by atoms with van der Waals surface area (Å²) < 4.78 is 11.6. The number of halogens is 2. The second-order valence-electron chi connectivity index (χ2n) is 4.96. The zero-order chi connectivity index (χ0) is 17.7. The second kappa shape index (κ2) is 8.30. The molecule has 7 heteroatoms. The third-order valence-electron chi connectivity index (χ3n) is 3.09. The minimum Gasteiger partial charge on any atom is -0.497 e. The maximum atomic E-state index is 12.0. The van der Waals surface area contributed by atoms with Gasteiger partial charge in [-0.05, 0) is 74.7 Å². The fourth-order valence-corrected chi connectivity index (χ4v) is 3.57. The number of methoxy groups -OCH3 is 1. The van der Waals surface area contributed by atoms with Crippen LogP contribution >= 0.6 is 31.9 Å². The number of hydrogen-bond acceptors (Lipinski definition) is 4. The number of nitrogens with one attached hydrogen (secondary N) is 1. The highest BCUT2D eigenvalue weighted by molar-refractivity contribution is 9.11. The van der Waals surface area contributed by atoms with Crippen molar-refractivity contribution in [3.05, 3.63) is 56.5 Å². The third-order valence-corrected chi connectivity index (χ3v) is 4.34. The summed E-state index contributed by atoms with van der Waals surface area (Å²) in [5.41, 5.74) is 1.94. The molecule has 0 atom stereocenters. The summed E-state index contributed by atoms with van der Waals surface area (Å²) in [5.74, 6) is -0.482. The summed E-state index contributed by atoms with van der Waals surface area (Å²) >= 11 is 6.79. The van der Waals surface area contributed by atoms with Gasteiger partial charge in [-0.25, -0.2) is 4.79 Å². The van der Waals surface area contributed by atoms with E-state index >= 15 is 0 Å². The van der Waals surface area contributed by atoms with Crippen LogP contribution in [-0.2, 0) is 9.53 Å². The normalized spacial score (nSPS) is 10.2. The van der Waals surface area contributed by atoms with Gasteiger partial charge >= 0.3 is 5.97 Å². The van der Waals surface area contributed by atoms with Gasteiger partial charge in [0.15, 0.2) is 6.61 Å². The van der Waals surface area contributed by atoms with Crippen molar-refractivity contribution < 1.29 is 19.1 Å². The monoisotopic (exact) mass is 455 g/mol. The lowest BCUT2D eigenvalue weighted by atomic mass is 10.2. The van der Waals surface area contributed by atoms with Crippen LogP contribution in [0.25, 0.3) is 0 Å². The van der Waals surface area contributed by atoms with Crippen molar-refractivity contribution >= 4 is 49.4 Å². The molecule has 0 saturated carbocycles. The van der Waals surface area contributed by atoms with E-state index in [0.717, 1.165) is 14.5 Å². The van der Waals surface area contributed by atoms with Crippen LogP contribution < -0.4 is 10.1 Å². The first-order chi connectivity index (χ1) is 11.4. The van der Waals surface area contributed by atoms with E-state index in [1.165, 1.54) is 7.11 Å². The molecule has 0 fully saturated rings. The molecule has 0 aliphatic rings. The molecule has 0 heterocycles. The summed E-state index contributed by atoms with van der Waals surface area (Å²) in [6.07, 6.45) is 0. The van der Waals surface area contributed by atoms with Crippen LogP contribution in [0.5, 0.6) is 5.75 Å². The highest BCUT2D eigenvalue weighted by atomic mass is 79.9. The average Bonchev–Trinajstić information content (AvgIpc) is 2.56. The van der Waals surface area contributed by atoms with E-state index in [4.69, 9.17) is 9.47 Å². The van der Waals surface area contributed by atoms with Crippen molar-refractivity contribution in [2.75, 3.05) is 19.0 Å². The number of rotatable bonds is 5. The largest absolute Gasteiger partial charge is 0.497 e. The molecule has 0 radical (unpaired) electrons. The Kier molecular flexibility index (Phi) is 6.39. The lowest BCUT2D eigenvalue weighted by Gasteiger charge is -2.11. The van der Waals surface area contributed by atoms with Crippen LogP contribution in [0.1, 0.15) is 15.9 Å². The molecule has 0 aromatic heterocycles. The number of ether oxygens (including phenoxy) is 2. The maximum absolute atomic E-state index is 12.0. The Balaban J connectivity index is 1.97. The first-order valence-corrected chi connectivity index (χ1v) is 8.56. The smallest absolute Gasteiger partial charge is 0.338 e. The van der Waals surface area contributed by atoms with Crippen molar-refractivity contribution in [3.8, 4) is 5.75 Å². The standard InChI is InChI=1S/C17H15Br2NO4/c1-10-6-13(18)16(14(19)7-10)20-15(21)9-24-17(22)11-4-3-5-12(8-11)23-2/h3-8H,9H2,1-2H3,(H,20,21). The Morgan fingerprint density at radius 3 is 2.42 bits per heavy atom. The number of benzene rings is 2. The zero-order valence-electron chi connectivity index (χ0n) is 13.1. The number of aryl methyl sites for hydroxylation is 1. The molecular weight excluding hydrogens is 442 g/mol. The van der Waals surface area contributed by atoms with Crippen LogP contribution in [0.2, 0.25) is 0 Å². The summed E-state index contributed by atoms with van der Waals surface area (Å²) in [7, 11) is 1.51. The predicted molar refractivity (Wildman–Crippen MR) is 98.5 cm³/mol. The van der Waals surface area contributed by atoms with Crippen molar-refractivity contribution in [2.45, 2.75) is 6.92 Å². The molecule has 24 heavy (non-hydrogen) atoms. The number of amides is 1. The molecule has 0 saturated heterocycles. The Bertz CT molecular complexity index is 754. The first-order valence-electron chi connectivity index (χ1n) is 6.97. The maximum Gasteiger partial charge on any atom is 0.338 e. The third kappa shape index (κ3) is 4.82. The van der Waals surface area contributed by atoms with Gasteiger partial charge in [0.25, 0.3) is 5.91 Å². The molecule has 0 unspecified atom stereocenters. The van der Waals surface area contributed by atoms with Crippen molar-refractivity contribution in [2.24, 2.45) is 0 Å². The van der Waals surface area contributed by atoms with E-state index in [9.17, 15) is 9.59 Å². The highest BCUT2D eigenvalue weighted by Gasteiger charge is 2.14. The van der Waals surface area contributed by atoms with Gasteiger partial charge in [0.1, 0.15) is 5.75 Å². The minimum atomic E-state index is -0.592. The van der Waals surface area contributed by atoms with Gasteiger partial charge in [0, 0.05) is 8.95 Å². The molecule has 0 aliphatic heterocycles. The van der Waals surface area contributed by atoms with Gasteiger partial charge in [-0.15, -0.1) is 0 Å². The SMILES string of the molecule is COc1cccc(C(=O)OCC(=O)Nc2c(Br)cc(C)cc2Br)c1. The number of carbonyl (C=O) groups is 2. The Morgan fingerprint density at radius 1 is 1.12 bits per heavy atom. The van der Waals surface area contributed by atoms with Crippen LogP contribution in [0.4, 0.5) is 5.69 Å². The van der Waals surface area contributed by atoms with Gasteiger partial charge in [-0.1, -0.05) is 6.07 Å². The van der Waals surface area contributed by atoms with E-state index in [0.29, 0.717) is 17.0 Å². The quantitative estimate of drug-likeness (QED) is 0.680. The van der Waals surface area contributed by atoms with Crippen molar-refractivity contribution in [1.29, 1.82) is 0 Å². The van der Waals surface area contributed by atoms with E-state index in [1.54, 1.807) is 24.3 Å². The second-order valence-corrected chi connectivity index (χ2v) is 6.67. The van der Waals surface area contributed by atoms with Crippen LogP contribution in [0, 0.1) is 6.92 Å². The molecule has 5 nitrogen and oxygen atoms in total. The lowest BCUT2D eigenvalue weighted by molar-refractivity contribution is -0.119. The lowest BCUT2D eigenvalue weighted by Crippen LogP contribution is -2.21. The van der Waals surface area contributed by atoms with Gasteiger partial charge in [0.05, 0.1) is 18.4 Å². The number of esters is 1. The van der Waals surface area contributed by atoms with E-state index < -0.39 is 11.9 Å². The molecule has 0 bridgehead atoms. The zero-order valence-corrected chi connectivity index (χ0v) is 16.2. The van der Waals surface area contributed by atoms with Gasteiger partial charge < -0.3 is 14.8 Å². The summed E-state index contributed by atoms with van der Waals surface area (Å²) in [6.45, 7) is 1.56. The van der Waals surface area contributed by atoms with Crippen LogP contribution in [0.3, 0.4) is 0 Å². The first kappa shape index (κ1) is 18.5. The molecule has 2 aromatic carbocycles.